The molecule has 7 nitrogen and oxygen atoms in total. The van der Waals surface area contributed by atoms with Crippen molar-refractivity contribution in [2.24, 2.45) is 17.8 Å². The van der Waals surface area contributed by atoms with Gasteiger partial charge in [0.05, 0.1) is 6.61 Å². The van der Waals surface area contributed by atoms with Crippen molar-refractivity contribution in [3.63, 3.8) is 0 Å². The number of benzene rings is 1. The summed E-state index contributed by atoms with van der Waals surface area (Å²) in [5.41, 5.74) is 5.60. The molecule has 3 heterocycles. The van der Waals surface area contributed by atoms with Crippen LogP contribution in [0.1, 0.15) is 75.9 Å². The van der Waals surface area contributed by atoms with E-state index in [1.165, 1.54) is 29.7 Å². The molecule has 2 unspecified atom stereocenters. The molecule has 1 saturated carbocycles. The van der Waals surface area contributed by atoms with Crippen LogP contribution in [0.3, 0.4) is 0 Å². The molecule has 3 aliphatic rings. The Labute approximate surface area is 220 Å². The maximum absolute atomic E-state index is 13.5. The lowest BCUT2D eigenvalue weighted by Gasteiger charge is -2.45. The number of pyridine rings is 1. The molecule has 0 bridgehead atoms. The summed E-state index contributed by atoms with van der Waals surface area (Å²) >= 11 is 1.16. The lowest BCUT2D eigenvalue weighted by atomic mass is 9.60. The van der Waals surface area contributed by atoms with Crippen LogP contribution in [0.15, 0.2) is 35.1 Å². The zero-order chi connectivity index (χ0) is 25.4. The largest absolute Gasteiger partial charge is 0.489 e. The normalized spacial score (nSPS) is 25.2. The fourth-order valence-corrected chi connectivity index (χ4v) is 7.21. The van der Waals surface area contributed by atoms with Gasteiger partial charge in [-0.1, -0.05) is 11.3 Å². The molecule has 1 aromatic carbocycles. The highest BCUT2D eigenvalue weighted by Crippen LogP contribution is 2.49. The van der Waals surface area contributed by atoms with Gasteiger partial charge in [-0.2, -0.15) is 5.10 Å². The van der Waals surface area contributed by atoms with Crippen LogP contribution >= 0.6 is 11.3 Å². The number of ketones is 1. The lowest BCUT2D eigenvalue weighted by Crippen LogP contribution is -2.43. The van der Waals surface area contributed by atoms with Crippen molar-refractivity contribution >= 4 is 17.1 Å². The summed E-state index contributed by atoms with van der Waals surface area (Å²) in [5.74, 6) is 1.70. The van der Waals surface area contributed by atoms with Crippen LogP contribution in [-0.4, -0.2) is 34.2 Å². The number of carbonyl (C=O) groups excluding carboxylic acids is 1. The summed E-state index contributed by atoms with van der Waals surface area (Å²) in [6.07, 6.45) is 7.39. The highest BCUT2D eigenvalue weighted by atomic mass is 32.1. The molecule has 0 radical (unpaired) electrons. The van der Waals surface area contributed by atoms with Gasteiger partial charge in [-0.05, 0) is 105 Å². The van der Waals surface area contributed by atoms with E-state index >= 15 is 0 Å². The van der Waals surface area contributed by atoms with Crippen molar-refractivity contribution in [2.45, 2.75) is 64.4 Å². The van der Waals surface area contributed by atoms with Gasteiger partial charge in [0.1, 0.15) is 17.4 Å². The quantitative estimate of drug-likeness (QED) is 0.441. The third-order valence-corrected chi connectivity index (χ3v) is 9.33. The number of carbonyl (C=O) groups is 1. The molecule has 2 fully saturated rings. The number of Topliss-reactive ketones (excluding diaryl/α,β-unsaturated/α-hetero) is 1. The maximum Gasteiger partial charge on any atom is 0.322 e. The Bertz CT molecular complexity index is 1330. The molecule has 0 amide bonds. The third-order valence-electron chi connectivity index (χ3n) is 8.45. The molecule has 37 heavy (non-hydrogen) atoms. The Morgan fingerprint density at radius 1 is 1.14 bits per heavy atom. The fourth-order valence-electron chi connectivity index (χ4n) is 6.45. The smallest absolute Gasteiger partial charge is 0.322 e. The number of ether oxygens (including phenoxy) is 2. The van der Waals surface area contributed by atoms with Gasteiger partial charge in [-0.25, -0.2) is 5.10 Å². The summed E-state index contributed by atoms with van der Waals surface area (Å²) in [6, 6.07) is 9.78. The minimum Gasteiger partial charge on any atom is -0.489 e. The van der Waals surface area contributed by atoms with E-state index in [4.69, 9.17) is 14.5 Å². The number of nitrogens with one attached hydrogen (secondary N) is 1. The van der Waals surface area contributed by atoms with Gasteiger partial charge >= 0.3 is 4.87 Å². The second-order valence-corrected chi connectivity index (χ2v) is 11.7. The summed E-state index contributed by atoms with van der Waals surface area (Å²) in [7, 11) is 0. The van der Waals surface area contributed by atoms with Crippen LogP contribution < -0.4 is 9.61 Å². The Balaban J connectivity index is 1.11. The molecule has 194 valence electrons. The van der Waals surface area contributed by atoms with Crippen molar-refractivity contribution < 1.29 is 14.3 Å². The van der Waals surface area contributed by atoms with Crippen LogP contribution in [-0.2, 0) is 24.2 Å². The minimum atomic E-state index is -0.137. The van der Waals surface area contributed by atoms with Gasteiger partial charge in [0.25, 0.3) is 0 Å². The van der Waals surface area contributed by atoms with Crippen LogP contribution in [0.5, 0.6) is 5.75 Å². The highest BCUT2D eigenvalue weighted by molar-refractivity contribution is 7.08. The maximum atomic E-state index is 13.5. The standard InChI is InChI=1S/C29H33N3O4S/c1-17-14-19(21-4-2-3-5-26(21)30-17)15-36-20-8-6-18(7-9-20)27(33)24-11-10-22(24)23-12-13-35-16-25(23)28-31-32-29(34)37-28/h6-9,14,22-25H,2-5,10-13,15-16H2,1H3,(H,32,34)/t22?,23-,24?,25-/m0/s1. The lowest BCUT2D eigenvalue weighted by molar-refractivity contribution is -0.0101. The summed E-state index contributed by atoms with van der Waals surface area (Å²) < 4.78 is 11.9. The van der Waals surface area contributed by atoms with Crippen LogP contribution in [0.2, 0.25) is 0 Å². The van der Waals surface area contributed by atoms with Gasteiger partial charge in [0, 0.05) is 35.4 Å². The number of rotatable bonds is 7. The second kappa shape index (κ2) is 10.5. The summed E-state index contributed by atoms with van der Waals surface area (Å²) in [5, 5.41) is 7.58. The first-order valence-electron chi connectivity index (χ1n) is 13.5. The number of fused-ring (bicyclic) bond motifs is 1. The van der Waals surface area contributed by atoms with Crippen molar-refractivity contribution in [2.75, 3.05) is 13.2 Å². The van der Waals surface area contributed by atoms with E-state index in [2.05, 4.69) is 16.3 Å². The van der Waals surface area contributed by atoms with E-state index < -0.39 is 0 Å². The fraction of sp³-hybridized carbons (Fsp3) is 0.517. The van der Waals surface area contributed by atoms with Crippen molar-refractivity contribution in [1.82, 2.24) is 15.2 Å². The number of aromatic nitrogens is 3. The average Bonchev–Trinajstić information content (AvgIpc) is 3.33. The summed E-state index contributed by atoms with van der Waals surface area (Å²) in [4.78, 5) is 29.7. The zero-order valence-corrected chi connectivity index (χ0v) is 22.0. The van der Waals surface area contributed by atoms with Crippen LogP contribution in [0.4, 0.5) is 0 Å². The summed E-state index contributed by atoms with van der Waals surface area (Å²) in [6.45, 7) is 3.83. The Morgan fingerprint density at radius 2 is 1.97 bits per heavy atom. The van der Waals surface area contributed by atoms with Gasteiger partial charge in [0.15, 0.2) is 5.78 Å². The highest BCUT2D eigenvalue weighted by Gasteiger charge is 2.46. The van der Waals surface area contributed by atoms with Crippen molar-refractivity contribution in [3.8, 4) is 5.75 Å². The molecule has 2 aromatic heterocycles. The van der Waals surface area contributed by atoms with Crippen molar-refractivity contribution in [3.05, 3.63) is 73.1 Å². The third kappa shape index (κ3) is 5.01. The number of hydrogen-bond acceptors (Lipinski definition) is 7. The minimum absolute atomic E-state index is 0.0133. The van der Waals surface area contributed by atoms with E-state index in [0.29, 0.717) is 31.7 Å². The van der Waals surface area contributed by atoms with Crippen LogP contribution in [0.25, 0.3) is 0 Å². The number of aryl methyl sites for hydroxylation is 2. The molecule has 4 atom stereocenters. The molecule has 0 spiro atoms. The van der Waals surface area contributed by atoms with Crippen LogP contribution in [0, 0.1) is 24.7 Å². The number of nitrogens with zero attached hydrogens (tertiary/aromatic N) is 2. The molecule has 1 aliphatic heterocycles. The SMILES string of the molecule is Cc1cc(COc2ccc(C(=O)C3CCC3[C@@H]3CCOC[C@@H]3c3n[nH]c(=O)s3)cc2)c2c(n1)CCCC2. The number of aromatic amines is 1. The van der Waals surface area contributed by atoms with Gasteiger partial charge in [-0.15, -0.1) is 0 Å². The molecular formula is C29H33N3O4S. The Morgan fingerprint density at radius 3 is 2.73 bits per heavy atom. The second-order valence-electron chi connectivity index (χ2n) is 10.7. The molecule has 6 rings (SSSR count). The van der Waals surface area contributed by atoms with E-state index in [1.807, 2.05) is 31.2 Å². The number of hydrogen-bond donors (Lipinski definition) is 1. The molecule has 2 aliphatic carbocycles. The predicted octanol–water partition coefficient (Wildman–Crippen LogP) is 5.02. The molecule has 1 N–H and O–H groups in total. The first-order chi connectivity index (χ1) is 18.1. The van der Waals surface area contributed by atoms with E-state index in [9.17, 15) is 9.59 Å². The first kappa shape index (κ1) is 24.5. The van der Waals surface area contributed by atoms with Gasteiger partial charge in [0.2, 0.25) is 0 Å². The first-order valence-corrected chi connectivity index (χ1v) is 14.3. The Kier molecular flexibility index (Phi) is 6.95. The average molecular weight is 520 g/mol. The Hall–Kier alpha value is -2.84. The zero-order valence-electron chi connectivity index (χ0n) is 21.2. The molecule has 3 aromatic rings. The molecule has 8 heteroatoms. The van der Waals surface area contributed by atoms with Gasteiger partial charge < -0.3 is 9.47 Å². The topological polar surface area (TPSA) is 94.2 Å². The van der Waals surface area contributed by atoms with Gasteiger partial charge in [-0.3, -0.25) is 14.6 Å². The van der Waals surface area contributed by atoms with Crippen molar-refractivity contribution in [1.29, 1.82) is 0 Å². The van der Waals surface area contributed by atoms with E-state index in [0.717, 1.165) is 65.5 Å². The molecule has 1 saturated heterocycles. The predicted molar refractivity (Wildman–Crippen MR) is 141 cm³/mol. The molecular weight excluding hydrogens is 486 g/mol. The van der Waals surface area contributed by atoms with E-state index in [1.54, 1.807) is 0 Å². The number of H-pyrrole nitrogens is 1. The monoisotopic (exact) mass is 519 g/mol. The van der Waals surface area contributed by atoms with E-state index in [-0.39, 0.29) is 22.5 Å².